The first-order valence-electron chi connectivity index (χ1n) is 10.0. The minimum Gasteiger partial charge on any atom is -0.497 e. The van der Waals surface area contributed by atoms with Crippen LogP contribution in [0.1, 0.15) is 12.0 Å². The Morgan fingerprint density at radius 2 is 1.94 bits per heavy atom. The third-order valence-corrected chi connectivity index (χ3v) is 7.90. The predicted molar refractivity (Wildman–Crippen MR) is 120 cm³/mol. The number of hydrogen-bond acceptors (Lipinski definition) is 8. The van der Waals surface area contributed by atoms with Crippen molar-refractivity contribution in [2.45, 2.75) is 24.2 Å². The zero-order valence-electron chi connectivity index (χ0n) is 17.5. The first-order valence-corrected chi connectivity index (χ1v) is 12.9. The van der Waals surface area contributed by atoms with E-state index in [0.29, 0.717) is 23.9 Å². The average molecular weight is 474 g/mol. The molecule has 1 aliphatic heterocycles. The third kappa shape index (κ3) is 5.28. The minimum absolute atomic E-state index is 0.000172. The Bertz CT molecular complexity index is 1170. The Hall–Kier alpha value is -2.92. The quantitative estimate of drug-likeness (QED) is 0.457. The number of carbonyl (C=O) groups excluding carboxylic acids is 1. The number of nitrogens with zero attached hydrogens (tertiary/aromatic N) is 5. The molecular weight excluding hydrogens is 450 g/mol. The van der Waals surface area contributed by atoms with Crippen LogP contribution in [0.3, 0.4) is 0 Å². The fraction of sp³-hybridized carbons (Fsp3) is 0.333. The van der Waals surface area contributed by atoms with Gasteiger partial charge in [0.05, 0.1) is 30.1 Å². The van der Waals surface area contributed by atoms with Gasteiger partial charge in [0.1, 0.15) is 5.75 Å². The maximum Gasteiger partial charge on any atom is 0.233 e. The number of thioether (sulfide) groups is 1. The van der Waals surface area contributed by atoms with E-state index in [4.69, 9.17) is 4.74 Å². The molecule has 1 atom stereocenters. The minimum atomic E-state index is -3.12. The Labute approximate surface area is 190 Å². The van der Waals surface area contributed by atoms with Crippen molar-refractivity contribution in [3.63, 3.8) is 0 Å². The van der Waals surface area contributed by atoms with Gasteiger partial charge < -0.3 is 9.64 Å². The molecule has 1 aromatic heterocycles. The monoisotopic (exact) mass is 473 g/mol. The highest BCUT2D eigenvalue weighted by Gasteiger charge is 2.34. The van der Waals surface area contributed by atoms with Crippen LogP contribution in [0.2, 0.25) is 0 Å². The van der Waals surface area contributed by atoms with Crippen LogP contribution in [-0.4, -0.2) is 69.8 Å². The van der Waals surface area contributed by atoms with Crippen LogP contribution >= 0.6 is 11.8 Å². The molecule has 11 heteroatoms. The lowest BCUT2D eigenvalue weighted by atomic mass is 10.1. The lowest BCUT2D eigenvalue weighted by molar-refractivity contribution is -0.130. The zero-order valence-corrected chi connectivity index (χ0v) is 19.1. The van der Waals surface area contributed by atoms with Crippen molar-refractivity contribution in [3.05, 3.63) is 60.2 Å². The summed E-state index contributed by atoms with van der Waals surface area (Å²) in [6.45, 7) is 0.365. The smallest absolute Gasteiger partial charge is 0.233 e. The topological polar surface area (TPSA) is 107 Å². The lowest BCUT2D eigenvalue weighted by Crippen LogP contribution is -2.41. The summed E-state index contributed by atoms with van der Waals surface area (Å²) in [4.78, 5) is 14.9. The molecule has 2 aromatic carbocycles. The first-order chi connectivity index (χ1) is 15.4. The van der Waals surface area contributed by atoms with Crippen molar-refractivity contribution in [2.75, 3.05) is 24.4 Å². The van der Waals surface area contributed by atoms with E-state index >= 15 is 0 Å². The second kappa shape index (κ2) is 9.70. The fourth-order valence-electron chi connectivity index (χ4n) is 3.59. The summed E-state index contributed by atoms with van der Waals surface area (Å²) in [6, 6.07) is 16.5. The van der Waals surface area contributed by atoms with Crippen LogP contribution in [0.15, 0.2) is 59.8 Å². The fourth-order valence-corrected chi connectivity index (χ4v) is 6.09. The molecule has 1 saturated heterocycles. The van der Waals surface area contributed by atoms with Gasteiger partial charge in [0.2, 0.25) is 11.1 Å². The van der Waals surface area contributed by atoms with Crippen molar-refractivity contribution in [2.24, 2.45) is 0 Å². The van der Waals surface area contributed by atoms with Gasteiger partial charge in [-0.2, -0.15) is 4.68 Å². The molecule has 1 aliphatic rings. The van der Waals surface area contributed by atoms with Crippen LogP contribution in [0, 0.1) is 0 Å². The highest BCUT2D eigenvalue weighted by molar-refractivity contribution is 7.99. The van der Waals surface area contributed by atoms with E-state index in [1.54, 1.807) is 28.8 Å². The Morgan fingerprint density at radius 3 is 2.59 bits per heavy atom. The molecule has 1 amide bonds. The van der Waals surface area contributed by atoms with E-state index in [0.717, 1.165) is 11.3 Å². The molecule has 32 heavy (non-hydrogen) atoms. The van der Waals surface area contributed by atoms with Crippen LogP contribution in [0.5, 0.6) is 5.75 Å². The number of carbonyl (C=O) groups is 1. The van der Waals surface area contributed by atoms with Crippen LogP contribution in [0.25, 0.3) is 5.69 Å². The molecule has 0 bridgehead atoms. The molecule has 3 aromatic rings. The second-order valence-electron chi connectivity index (χ2n) is 7.42. The van der Waals surface area contributed by atoms with E-state index < -0.39 is 9.84 Å². The van der Waals surface area contributed by atoms with Crippen molar-refractivity contribution >= 4 is 27.5 Å². The number of rotatable bonds is 8. The van der Waals surface area contributed by atoms with Crippen LogP contribution < -0.4 is 4.74 Å². The SMILES string of the molecule is COc1ccc(-n2nnnc2SCC(=O)N(Cc2ccccc2)[C@H]2CCS(=O)(=O)C2)cc1. The van der Waals surface area contributed by atoms with Gasteiger partial charge in [-0.3, -0.25) is 4.79 Å². The molecular formula is C21H23N5O4S2. The number of amides is 1. The average Bonchev–Trinajstić information content (AvgIpc) is 3.42. The van der Waals surface area contributed by atoms with Gasteiger partial charge in [0.25, 0.3) is 0 Å². The maximum atomic E-state index is 13.2. The molecule has 168 valence electrons. The molecule has 2 heterocycles. The molecule has 9 nitrogen and oxygen atoms in total. The van der Waals surface area contributed by atoms with Gasteiger partial charge in [-0.25, -0.2) is 8.42 Å². The second-order valence-corrected chi connectivity index (χ2v) is 10.6. The summed E-state index contributed by atoms with van der Waals surface area (Å²) >= 11 is 1.22. The number of tetrazole rings is 1. The number of aromatic nitrogens is 4. The summed E-state index contributed by atoms with van der Waals surface area (Å²) < 4.78 is 30.8. The molecule has 4 rings (SSSR count). The molecule has 0 spiro atoms. The van der Waals surface area contributed by atoms with E-state index in [1.807, 2.05) is 42.5 Å². The highest BCUT2D eigenvalue weighted by Crippen LogP contribution is 2.24. The largest absolute Gasteiger partial charge is 0.497 e. The van der Waals surface area contributed by atoms with Crippen molar-refractivity contribution in [3.8, 4) is 11.4 Å². The maximum absolute atomic E-state index is 13.2. The van der Waals surface area contributed by atoms with Crippen molar-refractivity contribution in [1.82, 2.24) is 25.1 Å². The van der Waals surface area contributed by atoms with Crippen molar-refractivity contribution < 1.29 is 17.9 Å². The molecule has 1 fully saturated rings. The predicted octanol–water partition coefficient (Wildman–Crippen LogP) is 1.98. The van der Waals surface area contributed by atoms with Gasteiger partial charge in [-0.1, -0.05) is 42.1 Å². The summed E-state index contributed by atoms with van der Waals surface area (Å²) in [7, 11) is -1.53. The summed E-state index contributed by atoms with van der Waals surface area (Å²) in [5.74, 6) is 0.776. The van der Waals surface area contributed by atoms with E-state index in [9.17, 15) is 13.2 Å². The zero-order chi connectivity index (χ0) is 22.6. The molecule has 0 unspecified atom stereocenters. The van der Waals surface area contributed by atoms with Gasteiger partial charge in [-0.05, 0) is 46.7 Å². The Kier molecular flexibility index (Phi) is 6.75. The number of methoxy groups -OCH3 is 1. The van der Waals surface area contributed by atoms with E-state index in [-0.39, 0.29) is 29.2 Å². The normalized spacial score (nSPS) is 17.2. The molecule has 0 radical (unpaired) electrons. The summed E-state index contributed by atoms with van der Waals surface area (Å²) in [5.41, 5.74) is 1.70. The standard InChI is InChI=1S/C21H23N5O4S2/c1-30-19-9-7-17(8-10-19)26-21(22-23-24-26)31-14-20(27)25(13-16-5-3-2-4-6-16)18-11-12-32(28,29)15-18/h2-10,18H,11-15H2,1H3/t18-/m0/s1. The molecule has 0 aliphatic carbocycles. The Morgan fingerprint density at radius 1 is 1.19 bits per heavy atom. The third-order valence-electron chi connectivity index (χ3n) is 5.25. The number of sulfone groups is 1. The first kappa shape index (κ1) is 22.3. The molecule has 0 N–H and O–H groups in total. The van der Waals surface area contributed by atoms with E-state index in [1.165, 1.54) is 11.8 Å². The van der Waals surface area contributed by atoms with Crippen molar-refractivity contribution in [1.29, 1.82) is 0 Å². The summed E-state index contributed by atoms with van der Waals surface area (Å²) in [5, 5.41) is 12.3. The van der Waals surface area contributed by atoms with Gasteiger partial charge >= 0.3 is 0 Å². The lowest BCUT2D eigenvalue weighted by Gasteiger charge is -2.28. The number of benzene rings is 2. The van der Waals surface area contributed by atoms with Gasteiger partial charge in [0.15, 0.2) is 9.84 Å². The van der Waals surface area contributed by atoms with E-state index in [2.05, 4.69) is 15.5 Å². The molecule has 0 saturated carbocycles. The highest BCUT2D eigenvalue weighted by atomic mass is 32.2. The summed E-state index contributed by atoms with van der Waals surface area (Å²) in [6.07, 6.45) is 0.454. The van der Waals surface area contributed by atoms with Gasteiger partial charge in [-0.15, -0.1) is 5.10 Å². The Balaban J connectivity index is 1.48. The number of ether oxygens (including phenoxy) is 1. The van der Waals surface area contributed by atoms with Gasteiger partial charge in [0, 0.05) is 12.6 Å². The van der Waals surface area contributed by atoms with Crippen LogP contribution in [-0.2, 0) is 21.2 Å². The number of hydrogen-bond donors (Lipinski definition) is 0. The van der Waals surface area contributed by atoms with Crippen LogP contribution in [0.4, 0.5) is 0 Å².